The first-order valence-electron chi connectivity index (χ1n) is 9.45. The highest BCUT2D eigenvalue weighted by molar-refractivity contribution is 7.12. The van der Waals surface area contributed by atoms with Crippen molar-refractivity contribution in [1.82, 2.24) is 5.32 Å². The molecular formula is C23H24N2O3S. The molecular weight excluding hydrogens is 384 g/mol. The lowest BCUT2D eigenvalue weighted by Gasteiger charge is -2.21. The van der Waals surface area contributed by atoms with E-state index in [-0.39, 0.29) is 17.9 Å². The van der Waals surface area contributed by atoms with Gasteiger partial charge in [-0.15, -0.1) is 11.3 Å². The summed E-state index contributed by atoms with van der Waals surface area (Å²) in [4.78, 5) is 27.9. The number of nitrogens with zero attached hydrogens (tertiary/aromatic N) is 1. The summed E-state index contributed by atoms with van der Waals surface area (Å²) < 4.78 is 5.54. The molecule has 0 saturated carbocycles. The van der Waals surface area contributed by atoms with Crippen molar-refractivity contribution in [3.8, 4) is 5.75 Å². The Morgan fingerprint density at radius 1 is 1.10 bits per heavy atom. The van der Waals surface area contributed by atoms with Gasteiger partial charge in [0, 0.05) is 7.05 Å². The number of para-hydroxylation sites is 1. The van der Waals surface area contributed by atoms with Gasteiger partial charge in [-0.3, -0.25) is 9.59 Å². The average Bonchev–Trinajstić information content (AvgIpc) is 3.28. The van der Waals surface area contributed by atoms with E-state index in [4.69, 9.17) is 4.74 Å². The van der Waals surface area contributed by atoms with Crippen molar-refractivity contribution in [2.24, 2.45) is 0 Å². The van der Waals surface area contributed by atoms with E-state index in [9.17, 15) is 9.59 Å². The summed E-state index contributed by atoms with van der Waals surface area (Å²) in [7, 11) is 1.68. The molecule has 1 unspecified atom stereocenters. The van der Waals surface area contributed by atoms with Crippen LogP contribution in [0.3, 0.4) is 0 Å². The van der Waals surface area contributed by atoms with E-state index < -0.39 is 0 Å². The quantitative estimate of drug-likeness (QED) is 0.604. The van der Waals surface area contributed by atoms with Crippen molar-refractivity contribution in [2.45, 2.75) is 19.9 Å². The smallest absolute Gasteiger partial charge is 0.268 e. The molecule has 3 aromatic rings. The first-order chi connectivity index (χ1) is 14.0. The second-order valence-electron chi connectivity index (χ2n) is 6.56. The van der Waals surface area contributed by atoms with Gasteiger partial charge in [-0.1, -0.05) is 30.3 Å². The van der Waals surface area contributed by atoms with Crippen LogP contribution in [0.1, 0.15) is 45.5 Å². The van der Waals surface area contributed by atoms with Gasteiger partial charge in [0.05, 0.1) is 28.8 Å². The van der Waals surface area contributed by atoms with Crippen molar-refractivity contribution >= 4 is 28.8 Å². The SMILES string of the molecule is CCOc1cccc(C(C)NC(=O)c2ccccc2N(C)C(=O)c2cccs2)c1. The van der Waals surface area contributed by atoms with Crippen LogP contribution in [0.2, 0.25) is 0 Å². The zero-order valence-corrected chi connectivity index (χ0v) is 17.5. The molecule has 150 valence electrons. The third kappa shape index (κ3) is 4.84. The fraction of sp³-hybridized carbons (Fsp3) is 0.217. The van der Waals surface area contributed by atoms with Gasteiger partial charge in [-0.2, -0.15) is 0 Å². The summed E-state index contributed by atoms with van der Waals surface area (Å²) in [5.74, 6) is 0.395. The molecule has 2 aromatic carbocycles. The van der Waals surface area contributed by atoms with E-state index in [1.807, 2.05) is 55.6 Å². The second-order valence-corrected chi connectivity index (χ2v) is 7.51. The molecule has 1 heterocycles. The molecule has 6 heteroatoms. The van der Waals surface area contributed by atoms with Gasteiger partial charge in [0.25, 0.3) is 11.8 Å². The van der Waals surface area contributed by atoms with Gasteiger partial charge in [-0.25, -0.2) is 0 Å². The van der Waals surface area contributed by atoms with Crippen molar-refractivity contribution in [1.29, 1.82) is 0 Å². The lowest BCUT2D eigenvalue weighted by atomic mass is 10.1. The molecule has 2 amide bonds. The Morgan fingerprint density at radius 2 is 1.90 bits per heavy atom. The Balaban J connectivity index is 1.79. The molecule has 0 radical (unpaired) electrons. The van der Waals surface area contributed by atoms with Gasteiger partial charge in [0.2, 0.25) is 0 Å². The summed E-state index contributed by atoms with van der Waals surface area (Å²) in [6, 6.07) is 18.2. The van der Waals surface area contributed by atoms with E-state index in [1.54, 1.807) is 31.3 Å². The van der Waals surface area contributed by atoms with E-state index >= 15 is 0 Å². The molecule has 0 aliphatic heterocycles. The zero-order valence-electron chi connectivity index (χ0n) is 16.7. The number of ether oxygens (including phenoxy) is 1. The molecule has 0 fully saturated rings. The number of anilines is 1. The van der Waals surface area contributed by atoms with Gasteiger partial charge in [0.15, 0.2) is 0 Å². The highest BCUT2D eigenvalue weighted by atomic mass is 32.1. The van der Waals surface area contributed by atoms with E-state index in [2.05, 4.69) is 5.32 Å². The minimum Gasteiger partial charge on any atom is -0.494 e. The van der Waals surface area contributed by atoms with E-state index in [1.165, 1.54) is 16.2 Å². The predicted octanol–water partition coefficient (Wildman–Crippen LogP) is 4.91. The first kappa shape index (κ1) is 20.6. The van der Waals surface area contributed by atoms with Crippen LogP contribution in [0.4, 0.5) is 5.69 Å². The standard InChI is InChI=1S/C23H24N2O3S/c1-4-28-18-10-7-9-17(15-18)16(2)24-22(26)19-11-5-6-12-20(19)25(3)23(27)21-13-8-14-29-21/h5-16H,4H2,1-3H3,(H,24,26). The highest BCUT2D eigenvalue weighted by Gasteiger charge is 2.21. The zero-order chi connectivity index (χ0) is 20.8. The number of thiophene rings is 1. The van der Waals surface area contributed by atoms with Crippen molar-refractivity contribution in [3.05, 3.63) is 82.0 Å². The molecule has 0 aliphatic rings. The monoisotopic (exact) mass is 408 g/mol. The third-order valence-electron chi connectivity index (χ3n) is 4.56. The molecule has 5 nitrogen and oxygen atoms in total. The Morgan fingerprint density at radius 3 is 2.62 bits per heavy atom. The van der Waals surface area contributed by atoms with Crippen LogP contribution in [0.5, 0.6) is 5.75 Å². The highest BCUT2D eigenvalue weighted by Crippen LogP contribution is 2.24. The van der Waals surface area contributed by atoms with Gasteiger partial charge in [0.1, 0.15) is 5.75 Å². The van der Waals surface area contributed by atoms with Gasteiger partial charge < -0.3 is 15.0 Å². The number of nitrogens with one attached hydrogen (secondary N) is 1. The number of hydrogen-bond acceptors (Lipinski definition) is 4. The summed E-state index contributed by atoms with van der Waals surface area (Å²) in [6.45, 7) is 4.44. The number of carbonyl (C=O) groups is 2. The fourth-order valence-corrected chi connectivity index (χ4v) is 3.73. The molecule has 0 spiro atoms. The van der Waals surface area contributed by atoms with Crippen LogP contribution in [-0.2, 0) is 0 Å². The van der Waals surface area contributed by atoms with E-state index in [0.717, 1.165) is 11.3 Å². The summed E-state index contributed by atoms with van der Waals surface area (Å²) in [5.41, 5.74) is 1.97. The number of amides is 2. The Kier molecular flexibility index (Phi) is 6.67. The third-order valence-corrected chi connectivity index (χ3v) is 5.42. The number of rotatable bonds is 7. The summed E-state index contributed by atoms with van der Waals surface area (Å²) >= 11 is 1.38. The topological polar surface area (TPSA) is 58.6 Å². The minimum absolute atomic E-state index is 0.141. The Labute approximate surface area is 174 Å². The molecule has 29 heavy (non-hydrogen) atoms. The van der Waals surface area contributed by atoms with Crippen LogP contribution in [-0.4, -0.2) is 25.5 Å². The van der Waals surface area contributed by atoms with Crippen molar-refractivity contribution in [2.75, 3.05) is 18.6 Å². The van der Waals surface area contributed by atoms with Crippen LogP contribution in [0.15, 0.2) is 66.0 Å². The van der Waals surface area contributed by atoms with Crippen molar-refractivity contribution in [3.63, 3.8) is 0 Å². The first-order valence-corrected chi connectivity index (χ1v) is 10.3. The minimum atomic E-state index is -0.235. The van der Waals surface area contributed by atoms with E-state index in [0.29, 0.717) is 22.7 Å². The summed E-state index contributed by atoms with van der Waals surface area (Å²) in [5, 5.41) is 4.88. The van der Waals surface area contributed by atoms with Gasteiger partial charge >= 0.3 is 0 Å². The maximum Gasteiger partial charge on any atom is 0.268 e. The largest absolute Gasteiger partial charge is 0.494 e. The van der Waals surface area contributed by atoms with Gasteiger partial charge in [-0.05, 0) is 55.1 Å². The van der Waals surface area contributed by atoms with Crippen LogP contribution in [0.25, 0.3) is 0 Å². The number of hydrogen-bond donors (Lipinski definition) is 1. The second kappa shape index (κ2) is 9.39. The summed E-state index contributed by atoms with van der Waals surface area (Å²) in [6.07, 6.45) is 0. The predicted molar refractivity (Wildman–Crippen MR) is 117 cm³/mol. The fourth-order valence-electron chi connectivity index (χ4n) is 3.03. The normalized spacial score (nSPS) is 11.6. The molecule has 0 saturated heterocycles. The van der Waals surface area contributed by atoms with Crippen molar-refractivity contribution < 1.29 is 14.3 Å². The molecule has 1 atom stereocenters. The average molecular weight is 409 g/mol. The number of carbonyl (C=O) groups excluding carboxylic acids is 2. The maximum atomic E-state index is 13.0. The molecule has 0 bridgehead atoms. The lowest BCUT2D eigenvalue weighted by Crippen LogP contribution is -2.31. The number of benzene rings is 2. The van der Waals surface area contributed by atoms with Crippen LogP contribution in [0, 0.1) is 0 Å². The molecule has 0 aliphatic carbocycles. The Bertz CT molecular complexity index is 985. The maximum absolute atomic E-state index is 13.0. The Hall–Kier alpha value is -3.12. The molecule has 3 rings (SSSR count). The van der Waals surface area contributed by atoms with Crippen LogP contribution < -0.4 is 15.0 Å². The lowest BCUT2D eigenvalue weighted by molar-refractivity contribution is 0.0940. The molecule has 1 N–H and O–H groups in total. The van der Waals surface area contributed by atoms with Crippen LogP contribution >= 0.6 is 11.3 Å². The molecule has 1 aromatic heterocycles.